The van der Waals surface area contributed by atoms with Crippen LogP contribution < -0.4 is 5.43 Å². The highest BCUT2D eigenvalue weighted by Gasteiger charge is 2.13. The molecule has 0 fully saturated rings. The van der Waals surface area contributed by atoms with Crippen LogP contribution in [-0.2, 0) is 18.3 Å². The van der Waals surface area contributed by atoms with Crippen LogP contribution in [0.25, 0.3) is 10.9 Å². The van der Waals surface area contributed by atoms with Crippen molar-refractivity contribution in [1.29, 1.82) is 0 Å². The van der Waals surface area contributed by atoms with Gasteiger partial charge in [0, 0.05) is 18.8 Å². The summed E-state index contributed by atoms with van der Waals surface area (Å²) >= 11 is 6.03. The molecular weight excluding hydrogens is 254 g/mol. The van der Waals surface area contributed by atoms with Crippen molar-refractivity contribution in [3.8, 4) is 0 Å². The molecule has 1 aromatic heterocycles. The van der Waals surface area contributed by atoms with E-state index in [0.717, 1.165) is 5.56 Å². The van der Waals surface area contributed by atoms with Gasteiger partial charge in [0.15, 0.2) is 5.43 Å². The molecule has 4 nitrogen and oxygen atoms in total. The second kappa shape index (κ2) is 4.46. The lowest BCUT2D eigenvalue weighted by molar-refractivity contribution is -0.136. The zero-order valence-corrected chi connectivity index (χ0v) is 10.8. The quantitative estimate of drug-likeness (QED) is 0.905. The number of benzene rings is 1. The molecule has 18 heavy (non-hydrogen) atoms. The Hall–Kier alpha value is -1.81. The van der Waals surface area contributed by atoms with Gasteiger partial charge in [-0.3, -0.25) is 9.59 Å². The number of rotatable bonds is 2. The molecule has 0 aliphatic heterocycles. The molecule has 0 saturated heterocycles. The molecule has 5 heteroatoms. The van der Waals surface area contributed by atoms with Gasteiger partial charge in [0.05, 0.1) is 22.3 Å². The van der Waals surface area contributed by atoms with Crippen LogP contribution in [0.4, 0.5) is 0 Å². The summed E-state index contributed by atoms with van der Waals surface area (Å²) < 4.78 is 1.71. The van der Waals surface area contributed by atoms with Crippen molar-refractivity contribution in [2.24, 2.45) is 7.05 Å². The third-order valence-corrected chi connectivity index (χ3v) is 3.29. The summed E-state index contributed by atoms with van der Waals surface area (Å²) in [4.78, 5) is 22.8. The first-order valence-corrected chi connectivity index (χ1v) is 5.79. The number of carbonyl (C=O) groups is 1. The molecule has 0 amide bonds. The second-order valence-corrected chi connectivity index (χ2v) is 4.62. The molecule has 2 rings (SSSR count). The van der Waals surface area contributed by atoms with Gasteiger partial charge < -0.3 is 9.67 Å². The zero-order valence-electron chi connectivity index (χ0n) is 10.0. The molecule has 1 aromatic carbocycles. The predicted octanol–water partition coefficient (Wildman–Crippen LogP) is 2.13. The Kier molecular flexibility index (Phi) is 3.13. The molecule has 0 radical (unpaired) electrons. The first kappa shape index (κ1) is 12.6. The summed E-state index contributed by atoms with van der Waals surface area (Å²) in [5.74, 6) is -0.968. The first-order valence-electron chi connectivity index (χ1n) is 5.41. The fourth-order valence-electron chi connectivity index (χ4n) is 2.13. The monoisotopic (exact) mass is 265 g/mol. The van der Waals surface area contributed by atoms with Gasteiger partial charge in [-0.25, -0.2) is 0 Å². The lowest BCUT2D eigenvalue weighted by Gasteiger charge is -2.13. The van der Waals surface area contributed by atoms with Crippen LogP contribution in [0.3, 0.4) is 0 Å². The average molecular weight is 266 g/mol. The Morgan fingerprint density at radius 2 is 2.11 bits per heavy atom. The normalized spacial score (nSPS) is 10.8. The third kappa shape index (κ3) is 1.99. The largest absolute Gasteiger partial charge is 0.481 e. The molecule has 94 valence electrons. The van der Waals surface area contributed by atoms with Crippen molar-refractivity contribution in [3.63, 3.8) is 0 Å². The second-order valence-electron chi connectivity index (χ2n) is 4.22. The van der Waals surface area contributed by atoms with Gasteiger partial charge in [0.2, 0.25) is 0 Å². The number of fused-ring (bicyclic) bond motifs is 1. The molecule has 0 spiro atoms. The van der Waals surface area contributed by atoms with Crippen molar-refractivity contribution in [2.45, 2.75) is 13.3 Å². The SMILES string of the molecule is Cc1ccc(Cl)c2c(=O)cc(CC(=O)O)n(C)c12. The van der Waals surface area contributed by atoms with Crippen molar-refractivity contribution < 1.29 is 9.90 Å². The topological polar surface area (TPSA) is 59.3 Å². The number of aliphatic carboxylic acids is 1. The van der Waals surface area contributed by atoms with Crippen LogP contribution >= 0.6 is 11.6 Å². The number of aromatic nitrogens is 1. The summed E-state index contributed by atoms with van der Waals surface area (Å²) in [7, 11) is 1.74. The van der Waals surface area contributed by atoms with Gasteiger partial charge in [0.1, 0.15) is 0 Å². The van der Waals surface area contributed by atoms with Gasteiger partial charge in [-0.05, 0) is 18.6 Å². The van der Waals surface area contributed by atoms with Crippen LogP contribution in [-0.4, -0.2) is 15.6 Å². The molecule has 1 N–H and O–H groups in total. The van der Waals surface area contributed by atoms with E-state index in [4.69, 9.17) is 16.7 Å². The lowest BCUT2D eigenvalue weighted by atomic mass is 10.1. The van der Waals surface area contributed by atoms with E-state index in [-0.39, 0.29) is 11.8 Å². The highest BCUT2D eigenvalue weighted by Crippen LogP contribution is 2.24. The maximum atomic E-state index is 12.0. The number of hydrogen-bond acceptors (Lipinski definition) is 2. The minimum absolute atomic E-state index is 0.187. The third-order valence-electron chi connectivity index (χ3n) is 2.97. The predicted molar refractivity (Wildman–Crippen MR) is 70.3 cm³/mol. The van der Waals surface area contributed by atoms with E-state index in [1.807, 2.05) is 13.0 Å². The number of pyridine rings is 1. The van der Waals surface area contributed by atoms with Gasteiger partial charge in [-0.1, -0.05) is 17.7 Å². The Balaban J connectivity index is 2.90. The number of halogens is 1. The Labute approximate surface area is 108 Å². The van der Waals surface area contributed by atoms with E-state index in [2.05, 4.69) is 0 Å². The zero-order chi connectivity index (χ0) is 13.4. The Bertz CT molecular complexity index is 703. The first-order chi connectivity index (χ1) is 8.41. The van der Waals surface area contributed by atoms with Crippen molar-refractivity contribution in [3.05, 3.63) is 44.7 Å². The van der Waals surface area contributed by atoms with Crippen molar-refractivity contribution in [1.82, 2.24) is 4.57 Å². The van der Waals surface area contributed by atoms with Crippen LogP contribution in [0.5, 0.6) is 0 Å². The van der Waals surface area contributed by atoms with Crippen LogP contribution in [0.1, 0.15) is 11.3 Å². The van der Waals surface area contributed by atoms with E-state index in [1.54, 1.807) is 17.7 Å². The average Bonchev–Trinajstić information content (AvgIpc) is 2.28. The van der Waals surface area contributed by atoms with Gasteiger partial charge >= 0.3 is 5.97 Å². The molecule has 1 heterocycles. The van der Waals surface area contributed by atoms with E-state index in [9.17, 15) is 9.59 Å². The van der Waals surface area contributed by atoms with E-state index in [1.165, 1.54) is 6.07 Å². The number of hydrogen-bond donors (Lipinski definition) is 1. The van der Waals surface area contributed by atoms with Gasteiger partial charge in [-0.15, -0.1) is 0 Å². The van der Waals surface area contributed by atoms with Gasteiger partial charge in [-0.2, -0.15) is 0 Å². The smallest absolute Gasteiger partial charge is 0.309 e. The summed E-state index contributed by atoms with van der Waals surface area (Å²) in [6.45, 7) is 1.86. The number of aryl methyl sites for hydroxylation is 2. The molecule has 0 bridgehead atoms. The molecule has 2 aromatic rings. The standard InChI is InChI=1S/C13H12ClNO3/c1-7-3-4-9(14)12-10(16)5-8(6-11(17)18)15(2)13(7)12/h3-5H,6H2,1-2H3,(H,17,18). The molecule has 0 aliphatic carbocycles. The molecule has 0 unspecified atom stereocenters. The Morgan fingerprint density at radius 3 is 2.72 bits per heavy atom. The summed E-state index contributed by atoms with van der Waals surface area (Å²) in [5, 5.41) is 9.66. The number of carboxylic acid groups (broad SMARTS) is 1. The summed E-state index contributed by atoms with van der Waals surface area (Å²) in [6, 6.07) is 4.83. The van der Waals surface area contributed by atoms with Crippen LogP contribution in [0.15, 0.2) is 23.0 Å². The van der Waals surface area contributed by atoms with E-state index >= 15 is 0 Å². The van der Waals surface area contributed by atoms with Crippen molar-refractivity contribution in [2.75, 3.05) is 0 Å². The molecule has 0 atom stereocenters. The minimum Gasteiger partial charge on any atom is -0.481 e. The lowest BCUT2D eigenvalue weighted by Crippen LogP contribution is -2.15. The van der Waals surface area contributed by atoms with Gasteiger partial charge in [0.25, 0.3) is 0 Å². The maximum absolute atomic E-state index is 12.0. The van der Waals surface area contributed by atoms with E-state index in [0.29, 0.717) is 21.6 Å². The highest BCUT2D eigenvalue weighted by atomic mass is 35.5. The van der Waals surface area contributed by atoms with E-state index < -0.39 is 5.97 Å². The number of carboxylic acids is 1. The van der Waals surface area contributed by atoms with Crippen molar-refractivity contribution >= 4 is 28.5 Å². The number of nitrogens with zero attached hydrogens (tertiary/aromatic N) is 1. The maximum Gasteiger partial charge on any atom is 0.309 e. The van der Waals surface area contributed by atoms with Crippen LogP contribution in [0, 0.1) is 6.92 Å². The highest BCUT2D eigenvalue weighted by molar-refractivity contribution is 6.35. The minimum atomic E-state index is -0.968. The fourth-order valence-corrected chi connectivity index (χ4v) is 2.37. The fraction of sp³-hybridized carbons (Fsp3) is 0.231. The summed E-state index contributed by atoms with van der Waals surface area (Å²) in [6.07, 6.45) is -0.187. The Morgan fingerprint density at radius 1 is 1.44 bits per heavy atom. The molecular formula is C13H12ClNO3. The molecule has 0 saturated carbocycles. The van der Waals surface area contributed by atoms with Crippen LogP contribution in [0.2, 0.25) is 5.02 Å². The summed E-state index contributed by atoms with van der Waals surface area (Å²) in [5.41, 5.74) is 1.80. The molecule has 0 aliphatic rings.